The van der Waals surface area contributed by atoms with Crippen LogP contribution >= 0.6 is 15.9 Å². The Morgan fingerprint density at radius 1 is 1.38 bits per heavy atom. The molecule has 3 heteroatoms. The minimum atomic E-state index is -0.0580. The van der Waals surface area contributed by atoms with Crippen molar-refractivity contribution in [2.75, 3.05) is 6.61 Å². The Kier molecular flexibility index (Phi) is 2.48. The second-order valence-electron chi connectivity index (χ2n) is 5.06. The van der Waals surface area contributed by atoms with Crippen molar-refractivity contribution >= 4 is 15.9 Å². The lowest BCUT2D eigenvalue weighted by atomic mass is 10.1. The van der Waals surface area contributed by atoms with Gasteiger partial charge in [-0.25, -0.2) is 0 Å². The molecule has 0 bridgehead atoms. The third-order valence-corrected chi connectivity index (χ3v) is 4.09. The van der Waals surface area contributed by atoms with Crippen molar-refractivity contribution in [1.82, 2.24) is 0 Å². The summed E-state index contributed by atoms with van der Waals surface area (Å²) in [6, 6.07) is 6.24. The molecule has 0 unspecified atom stereocenters. The highest BCUT2D eigenvalue weighted by atomic mass is 79.9. The monoisotopic (exact) mass is 281 g/mol. The van der Waals surface area contributed by atoms with Crippen molar-refractivity contribution in [1.29, 1.82) is 0 Å². The van der Waals surface area contributed by atoms with Crippen molar-refractivity contribution in [3.8, 4) is 5.75 Å². The largest absolute Gasteiger partial charge is 0.492 e. The standard InChI is InChI=1S/C13H16BrNO/c14-11-7-10(13(15)5-6-13)3-4-12(11)16-8-9-1-2-9/h3-4,7,9H,1-2,5-6,8,15H2. The predicted molar refractivity (Wildman–Crippen MR) is 67.5 cm³/mol. The molecule has 2 aliphatic rings. The molecule has 0 radical (unpaired) electrons. The van der Waals surface area contributed by atoms with Gasteiger partial charge in [-0.15, -0.1) is 0 Å². The van der Waals surface area contributed by atoms with Crippen LogP contribution in [0.15, 0.2) is 22.7 Å². The summed E-state index contributed by atoms with van der Waals surface area (Å²) < 4.78 is 6.79. The van der Waals surface area contributed by atoms with Gasteiger partial charge in [0.05, 0.1) is 11.1 Å². The molecule has 2 aliphatic carbocycles. The molecule has 0 saturated heterocycles. The molecule has 0 heterocycles. The number of hydrogen-bond donors (Lipinski definition) is 1. The highest BCUT2D eigenvalue weighted by molar-refractivity contribution is 9.10. The zero-order valence-corrected chi connectivity index (χ0v) is 10.8. The number of rotatable bonds is 4. The number of hydrogen-bond acceptors (Lipinski definition) is 2. The van der Waals surface area contributed by atoms with Crippen molar-refractivity contribution in [3.05, 3.63) is 28.2 Å². The van der Waals surface area contributed by atoms with E-state index in [0.29, 0.717) is 0 Å². The fraction of sp³-hybridized carbons (Fsp3) is 0.538. The van der Waals surface area contributed by atoms with Crippen LogP contribution in [0.25, 0.3) is 0 Å². The van der Waals surface area contributed by atoms with E-state index in [-0.39, 0.29) is 5.54 Å². The maximum absolute atomic E-state index is 6.16. The Bertz CT molecular complexity index is 410. The number of halogens is 1. The van der Waals surface area contributed by atoms with Crippen LogP contribution in [0.1, 0.15) is 31.2 Å². The molecule has 2 saturated carbocycles. The maximum Gasteiger partial charge on any atom is 0.133 e. The lowest BCUT2D eigenvalue weighted by molar-refractivity contribution is 0.298. The number of benzene rings is 1. The molecule has 86 valence electrons. The minimum absolute atomic E-state index is 0.0580. The molecule has 3 rings (SSSR count). The first-order valence-electron chi connectivity index (χ1n) is 5.89. The van der Waals surface area contributed by atoms with Gasteiger partial charge in [0.25, 0.3) is 0 Å². The molecule has 0 amide bonds. The van der Waals surface area contributed by atoms with E-state index in [4.69, 9.17) is 10.5 Å². The van der Waals surface area contributed by atoms with Crippen LogP contribution in [-0.2, 0) is 5.54 Å². The molecule has 2 fully saturated rings. The van der Waals surface area contributed by atoms with Gasteiger partial charge in [0.15, 0.2) is 0 Å². The van der Waals surface area contributed by atoms with Crippen molar-refractivity contribution < 1.29 is 4.74 Å². The zero-order valence-electron chi connectivity index (χ0n) is 9.21. The fourth-order valence-corrected chi connectivity index (χ4v) is 2.34. The third-order valence-electron chi connectivity index (χ3n) is 3.47. The molecule has 2 N–H and O–H groups in total. The third kappa shape index (κ3) is 2.11. The van der Waals surface area contributed by atoms with Crippen LogP contribution in [-0.4, -0.2) is 6.61 Å². The van der Waals surface area contributed by atoms with E-state index in [9.17, 15) is 0 Å². The molecule has 2 nitrogen and oxygen atoms in total. The minimum Gasteiger partial charge on any atom is -0.492 e. The topological polar surface area (TPSA) is 35.2 Å². The summed E-state index contributed by atoms with van der Waals surface area (Å²) in [6.45, 7) is 0.853. The van der Waals surface area contributed by atoms with Crippen molar-refractivity contribution in [3.63, 3.8) is 0 Å². The summed E-state index contributed by atoms with van der Waals surface area (Å²) in [4.78, 5) is 0. The van der Waals surface area contributed by atoms with Crippen LogP contribution in [0, 0.1) is 5.92 Å². The summed E-state index contributed by atoms with van der Waals surface area (Å²) in [5.74, 6) is 1.73. The van der Waals surface area contributed by atoms with Crippen LogP contribution in [0.3, 0.4) is 0 Å². The van der Waals surface area contributed by atoms with Gasteiger partial charge in [-0.1, -0.05) is 6.07 Å². The molecule has 1 aromatic rings. The fourth-order valence-electron chi connectivity index (χ4n) is 1.84. The highest BCUT2D eigenvalue weighted by Gasteiger charge is 2.40. The van der Waals surface area contributed by atoms with Crippen molar-refractivity contribution in [2.45, 2.75) is 31.2 Å². The Morgan fingerprint density at radius 3 is 2.69 bits per heavy atom. The van der Waals surface area contributed by atoms with E-state index < -0.39 is 0 Å². The summed E-state index contributed by atoms with van der Waals surface area (Å²) in [5, 5.41) is 0. The predicted octanol–water partition coefficient (Wildman–Crippen LogP) is 3.19. The first kappa shape index (κ1) is 10.6. The summed E-state index contributed by atoms with van der Waals surface area (Å²) in [7, 11) is 0. The highest BCUT2D eigenvalue weighted by Crippen LogP contribution is 2.44. The van der Waals surface area contributed by atoms with Gasteiger partial charge in [-0.3, -0.25) is 0 Å². The van der Waals surface area contributed by atoms with Gasteiger partial charge >= 0.3 is 0 Å². The Morgan fingerprint density at radius 2 is 2.12 bits per heavy atom. The molecular weight excluding hydrogens is 266 g/mol. The van der Waals surface area contributed by atoms with E-state index in [2.05, 4.69) is 28.1 Å². The van der Waals surface area contributed by atoms with Crippen molar-refractivity contribution in [2.24, 2.45) is 11.7 Å². The SMILES string of the molecule is NC1(c2ccc(OCC3CC3)c(Br)c2)CC1. The number of ether oxygens (including phenoxy) is 1. The van der Waals surface area contributed by atoms with Crippen LogP contribution < -0.4 is 10.5 Å². The molecular formula is C13H16BrNO. The average molecular weight is 282 g/mol. The van der Waals surface area contributed by atoms with Crippen LogP contribution in [0.2, 0.25) is 0 Å². The van der Waals surface area contributed by atoms with Gasteiger partial charge < -0.3 is 10.5 Å². The zero-order chi connectivity index (χ0) is 11.2. The summed E-state index contributed by atoms with van der Waals surface area (Å²) in [5.41, 5.74) is 7.32. The van der Waals surface area contributed by atoms with E-state index in [1.165, 1.54) is 18.4 Å². The van der Waals surface area contributed by atoms with Crippen LogP contribution in [0.5, 0.6) is 5.75 Å². The second kappa shape index (κ2) is 3.74. The smallest absolute Gasteiger partial charge is 0.133 e. The lowest BCUT2D eigenvalue weighted by Gasteiger charge is -2.12. The lowest BCUT2D eigenvalue weighted by Crippen LogP contribution is -2.18. The van der Waals surface area contributed by atoms with E-state index >= 15 is 0 Å². The average Bonchev–Trinajstić information content (AvgIpc) is 3.13. The van der Waals surface area contributed by atoms with Gasteiger partial charge in [-0.05, 0) is 65.2 Å². The molecule has 0 aliphatic heterocycles. The van der Waals surface area contributed by atoms with E-state index in [1.807, 2.05) is 6.07 Å². The molecule has 0 atom stereocenters. The molecule has 16 heavy (non-hydrogen) atoms. The normalized spacial score (nSPS) is 21.9. The Labute approximate surface area is 104 Å². The summed E-state index contributed by atoms with van der Waals surface area (Å²) in [6.07, 6.45) is 4.84. The number of nitrogens with two attached hydrogens (primary N) is 1. The van der Waals surface area contributed by atoms with Gasteiger partial charge in [-0.2, -0.15) is 0 Å². The Balaban J connectivity index is 1.73. The first-order valence-corrected chi connectivity index (χ1v) is 6.68. The van der Waals surface area contributed by atoms with Crippen LogP contribution in [0.4, 0.5) is 0 Å². The molecule has 1 aromatic carbocycles. The Hall–Kier alpha value is -0.540. The summed E-state index contributed by atoms with van der Waals surface area (Å²) >= 11 is 3.56. The molecule has 0 spiro atoms. The quantitative estimate of drug-likeness (QED) is 0.920. The first-order chi connectivity index (χ1) is 7.67. The molecule has 0 aromatic heterocycles. The second-order valence-corrected chi connectivity index (χ2v) is 5.91. The van der Waals surface area contributed by atoms with Gasteiger partial charge in [0, 0.05) is 5.54 Å². The van der Waals surface area contributed by atoms with Gasteiger partial charge in [0.2, 0.25) is 0 Å². The van der Waals surface area contributed by atoms with E-state index in [0.717, 1.165) is 35.6 Å². The maximum atomic E-state index is 6.16. The van der Waals surface area contributed by atoms with E-state index in [1.54, 1.807) is 0 Å². The van der Waals surface area contributed by atoms with Gasteiger partial charge in [0.1, 0.15) is 5.75 Å².